The minimum Gasteiger partial charge on any atom is -0.381 e. The molecule has 2 aromatic heterocycles. The van der Waals surface area contributed by atoms with E-state index < -0.39 is 5.92 Å². The molecule has 2 aliphatic carbocycles. The van der Waals surface area contributed by atoms with Gasteiger partial charge >= 0.3 is 0 Å². The molecule has 1 amide bonds. The van der Waals surface area contributed by atoms with Crippen molar-refractivity contribution in [3.63, 3.8) is 0 Å². The van der Waals surface area contributed by atoms with Gasteiger partial charge in [0.1, 0.15) is 0 Å². The fourth-order valence-corrected chi connectivity index (χ4v) is 6.88. The molecule has 3 unspecified atom stereocenters. The predicted octanol–water partition coefficient (Wildman–Crippen LogP) is 3.20. The molecule has 27 heavy (non-hydrogen) atoms. The van der Waals surface area contributed by atoms with Gasteiger partial charge in [-0.3, -0.25) is 9.89 Å². The maximum Gasteiger partial charge on any atom is 0.261 e. The Morgan fingerprint density at radius 3 is 2.81 bits per heavy atom. The molecule has 0 radical (unpaired) electrons. The second-order valence-electron chi connectivity index (χ2n) is 8.33. The van der Waals surface area contributed by atoms with E-state index in [4.69, 9.17) is 4.74 Å². The second-order valence-corrected chi connectivity index (χ2v) is 9.35. The van der Waals surface area contributed by atoms with E-state index >= 15 is 0 Å². The molecule has 8 heteroatoms. The maximum atomic E-state index is 14.6. The van der Waals surface area contributed by atoms with Crippen LogP contribution in [0.15, 0.2) is 12.4 Å². The van der Waals surface area contributed by atoms with Crippen LogP contribution in [-0.2, 0) is 11.2 Å². The average Bonchev–Trinajstić information content (AvgIpc) is 3.07. The zero-order chi connectivity index (χ0) is 18.3. The van der Waals surface area contributed by atoms with Crippen molar-refractivity contribution < 1.29 is 18.3 Å². The summed E-state index contributed by atoms with van der Waals surface area (Å²) in [6.45, 7) is 1.47. The van der Waals surface area contributed by atoms with Crippen LogP contribution in [0.3, 0.4) is 0 Å². The van der Waals surface area contributed by atoms with Gasteiger partial charge in [-0.1, -0.05) is 0 Å². The lowest BCUT2D eigenvalue weighted by molar-refractivity contribution is -0.0219. The Bertz CT molecular complexity index is 916. The monoisotopic (exact) mass is 391 g/mol. The second kappa shape index (κ2) is 5.38. The minimum atomic E-state index is -2.74. The van der Waals surface area contributed by atoms with E-state index in [1.807, 2.05) is 0 Å². The first-order chi connectivity index (χ1) is 13.0. The Kier molecular flexibility index (Phi) is 3.22. The summed E-state index contributed by atoms with van der Waals surface area (Å²) in [5.74, 6) is -1.77. The van der Waals surface area contributed by atoms with Gasteiger partial charge in [0.25, 0.3) is 11.8 Å². The van der Waals surface area contributed by atoms with Crippen molar-refractivity contribution in [2.75, 3.05) is 13.2 Å². The van der Waals surface area contributed by atoms with Gasteiger partial charge in [-0.2, -0.15) is 5.10 Å². The highest BCUT2D eigenvalue weighted by atomic mass is 32.1. The fraction of sp³-hybridized carbons (Fsp3) is 0.579. The molecule has 2 fully saturated rings. The Hall–Kier alpha value is -1.80. The van der Waals surface area contributed by atoms with Crippen LogP contribution in [0.1, 0.15) is 39.6 Å². The van der Waals surface area contributed by atoms with E-state index in [1.54, 1.807) is 12.4 Å². The van der Waals surface area contributed by atoms with Crippen LogP contribution in [0, 0.1) is 17.8 Å². The molecule has 0 spiro atoms. The molecule has 0 aromatic carbocycles. The highest BCUT2D eigenvalue weighted by Gasteiger charge is 2.59. The number of ether oxygens (including phenoxy) is 1. The first kappa shape index (κ1) is 16.2. The topological polar surface area (TPSA) is 67.0 Å². The zero-order valence-corrected chi connectivity index (χ0v) is 15.3. The quantitative estimate of drug-likeness (QED) is 0.826. The maximum absolute atomic E-state index is 14.6. The molecule has 5 nitrogen and oxygen atoms in total. The molecule has 6 rings (SSSR count). The van der Waals surface area contributed by atoms with Crippen LogP contribution in [0.2, 0.25) is 0 Å². The van der Waals surface area contributed by atoms with Crippen LogP contribution in [-0.4, -0.2) is 41.3 Å². The van der Waals surface area contributed by atoms with Crippen molar-refractivity contribution in [3.05, 3.63) is 28.4 Å². The molecule has 0 bridgehead atoms. The van der Waals surface area contributed by atoms with E-state index in [2.05, 4.69) is 15.5 Å². The molecular formula is C19H19F2N3O2S. The van der Waals surface area contributed by atoms with Gasteiger partial charge in [-0.25, -0.2) is 8.78 Å². The Morgan fingerprint density at radius 2 is 2.07 bits per heavy atom. The number of nitrogens with one attached hydrogen (secondary N) is 2. The molecule has 5 atom stereocenters. The highest BCUT2D eigenvalue weighted by Crippen LogP contribution is 2.57. The summed E-state index contributed by atoms with van der Waals surface area (Å²) in [6, 6.07) is -0.0277. The zero-order valence-electron chi connectivity index (χ0n) is 14.5. The van der Waals surface area contributed by atoms with Gasteiger partial charge < -0.3 is 10.1 Å². The summed E-state index contributed by atoms with van der Waals surface area (Å²) >= 11 is 1.34. The van der Waals surface area contributed by atoms with Crippen LogP contribution in [0.5, 0.6) is 0 Å². The van der Waals surface area contributed by atoms with Crippen molar-refractivity contribution in [1.82, 2.24) is 15.5 Å². The number of halogens is 2. The summed E-state index contributed by atoms with van der Waals surface area (Å²) in [5.41, 5.74) is 2.29. The van der Waals surface area contributed by atoms with Gasteiger partial charge in [-0.15, -0.1) is 11.3 Å². The number of thiophene rings is 1. The summed E-state index contributed by atoms with van der Waals surface area (Å²) < 4.78 is 34.7. The molecular weight excluding hydrogens is 372 g/mol. The van der Waals surface area contributed by atoms with Crippen LogP contribution < -0.4 is 5.32 Å². The van der Waals surface area contributed by atoms with Gasteiger partial charge in [0.2, 0.25) is 0 Å². The summed E-state index contributed by atoms with van der Waals surface area (Å²) in [4.78, 5) is 14.4. The van der Waals surface area contributed by atoms with Gasteiger partial charge in [-0.05, 0) is 41.2 Å². The molecule has 2 N–H and O–H groups in total. The van der Waals surface area contributed by atoms with E-state index in [-0.39, 0.29) is 30.7 Å². The Morgan fingerprint density at radius 1 is 1.26 bits per heavy atom. The van der Waals surface area contributed by atoms with Gasteiger partial charge in [0.15, 0.2) is 0 Å². The normalized spacial score (nSPS) is 35.9. The minimum absolute atomic E-state index is 0.0277. The smallest absolute Gasteiger partial charge is 0.261 e. The van der Waals surface area contributed by atoms with Gasteiger partial charge in [0, 0.05) is 35.5 Å². The van der Waals surface area contributed by atoms with Crippen LogP contribution >= 0.6 is 11.3 Å². The lowest BCUT2D eigenvalue weighted by Crippen LogP contribution is -2.37. The lowest BCUT2D eigenvalue weighted by atomic mass is 9.77. The van der Waals surface area contributed by atoms with Crippen molar-refractivity contribution in [1.29, 1.82) is 0 Å². The summed E-state index contributed by atoms with van der Waals surface area (Å²) in [6.07, 6.45) is 3.47. The van der Waals surface area contributed by atoms with Crippen molar-refractivity contribution in [2.45, 2.75) is 37.1 Å². The lowest BCUT2D eigenvalue weighted by Gasteiger charge is -2.31. The number of carbonyl (C=O) groups is 1. The van der Waals surface area contributed by atoms with Crippen molar-refractivity contribution >= 4 is 17.2 Å². The molecule has 142 valence electrons. The number of carbonyl (C=O) groups excluding carboxylic acids is 1. The Labute approximate surface area is 158 Å². The highest BCUT2D eigenvalue weighted by molar-refractivity contribution is 7.17. The number of amides is 1. The van der Waals surface area contributed by atoms with Gasteiger partial charge in [0.05, 0.1) is 24.3 Å². The number of hydrogen-bond acceptors (Lipinski definition) is 4. The van der Waals surface area contributed by atoms with E-state index in [1.165, 1.54) is 11.3 Å². The third-order valence-electron chi connectivity index (χ3n) is 6.74. The number of aromatic amines is 1. The average molecular weight is 391 g/mol. The number of alkyl halides is 2. The summed E-state index contributed by atoms with van der Waals surface area (Å²) in [7, 11) is 0. The molecule has 1 saturated heterocycles. The third kappa shape index (κ3) is 2.35. The molecule has 2 aromatic rings. The molecule has 1 saturated carbocycles. The molecule has 4 aliphatic rings. The van der Waals surface area contributed by atoms with E-state index in [0.29, 0.717) is 34.6 Å². The predicted molar refractivity (Wildman–Crippen MR) is 95.1 cm³/mol. The number of aromatic nitrogens is 2. The van der Waals surface area contributed by atoms with Crippen molar-refractivity contribution in [2.24, 2.45) is 17.8 Å². The number of rotatable bonds is 2. The first-order valence-corrected chi connectivity index (χ1v) is 10.2. The molecule has 4 heterocycles. The van der Waals surface area contributed by atoms with E-state index in [9.17, 15) is 13.6 Å². The van der Waals surface area contributed by atoms with E-state index in [0.717, 1.165) is 29.2 Å². The van der Waals surface area contributed by atoms with Crippen LogP contribution in [0.4, 0.5) is 8.78 Å². The van der Waals surface area contributed by atoms with Crippen molar-refractivity contribution in [3.8, 4) is 10.4 Å². The Balaban J connectivity index is 1.43. The number of fused-ring (bicyclic) bond motifs is 1. The number of H-pyrrole nitrogens is 1. The first-order valence-electron chi connectivity index (χ1n) is 9.43. The fourth-order valence-electron chi connectivity index (χ4n) is 5.59. The largest absolute Gasteiger partial charge is 0.381 e. The number of hydrogen-bond donors (Lipinski definition) is 2. The SMILES string of the molecule is O=C1NC(C2[C@H]3COC[C@@H]23)CC2CC(F)(F)Cc3c(-c4cn[nH]c4)sc1c32. The third-order valence-corrected chi connectivity index (χ3v) is 8.04. The molecule has 2 aliphatic heterocycles. The summed E-state index contributed by atoms with van der Waals surface area (Å²) in [5, 5.41) is 9.87. The standard InChI is InChI=1S/C19H19F2N3O2S/c20-19(21)2-8-1-13(15-11-6-26-7-12(11)15)24-18(25)17-14(8)10(3-19)16(27-17)9-4-22-23-5-9/h4-5,8,11-13,15H,1-3,6-7H2,(H,22,23)(H,24,25)/t8?,11-,12+,13?,15?. The number of nitrogens with zero attached hydrogens (tertiary/aromatic N) is 1. The van der Waals surface area contributed by atoms with Crippen LogP contribution in [0.25, 0.3) is 10.4 Å².